The van der Waals surface area contributed by atoms with Gasteiger partial charge >= 0.3 is 0 Å². The molecule has 0 saturated heterocycles. The monoisotopic (exact) mass is 414 g/mol. The van der Waals surface area contributed by atoms with Crippen LogP contribution in [0.1, 0.15) is 30.1 Å². The fourth-order valence-corrected chi connectivity index (χ4v) is 2.93. The second-order valence-electron chi connectivity index (χ2n) is 6.68. The Balaban J connectivity index is 1.98. The second kappa shape index (κ2) is 11.7. The van der Waals surface area contributed by atoms with Gasteiger partial charge in [-0.05, 0) is 18.1 Å². The van der Waals surface area contributed by atoms with Crippen LogP contribution < -0.4 is 15.8 Å². The zero-order valence-corrected chi connectivity index (χ0v) is 16.7. The lowest BCUT2D eigenvalue weighted by Crippen LogP contribution is -2.47. The molecule has 1 unspecified atom stereocenters. The molecule has 0 spiro atoms. The Morgan fingerprint density at radius 3 is 2.40 bits per heavy atom. The fourth-order valence-electron chi connectivity index (χ4n) is 2.93. The topological polar surface area (TPSA) is 128 Å². The van der Waals surface area contributed by atoms with Crippen LogP contribution in [-0.4, -0.2) is 42.6 Å². The number of rotatable bonds is 12. The number of hydrogen-bond donors (Lipinski definition) is 3. The molecular weight excluding hydrogens is 388 g/mol. The van der Waals surface area contributed by atoms with Gasteiger partial charge in [0.2, 0.25) is 11.7 Å². The standard InChI is InChI=1S/C22H26N2O6/c1-29-14-30-19-10-6-5-9-16(19)18(25)11-12-20(26)24-17(21(27)22(23)28)13-15-7-3-2-4-8-15/h2-10,17-18,25H,11-14H2,1H3,(H2,23,28)(H,24,26)/t17-,18?/m0/s1. The molecule has 0 radical (unpaired) electrons. The van der Waals surface area contributed by atoms with E-state index in [2.05, 4.69) is 5.32 Å². The number of Topliss-reactive ketones (excluding diaryl/α,β-unsaturated/α-hetero) is 1. The average molecular weight is 414 g/mol. The number of nitrogens with two attached hydrogens (primary N) is 1. The fraction of sp³-hybridized carbons (Fsp3) is 0.318. The van der Waals surface area contributed by atoms with E-state index in [-0.39, 0.29) is 26.1 Å². The smallest absolute Gasteiger partial charge is 0.287 e. The van der Waals surface area contributed by atoms with Crippen molar-refractivity contribution in [3.05, 3.63) is 65.7 Å². The molecule has 0 aliphatic carbocycles. The van der Waals surface area contributed by atoms with E-state index in [4.69, 9.17) is 15.2 Å². The van der Waals surface area contributed by atoms with Crippen LogP contribution in [-0.2, 0) is 25.5 Å². The van der Waals surface area contributed by atoms with E-state index in [1.54, 1.807) is 48.5 Å². The molecule has 2 amide bonds. The number of ether oxygens (including phenoxy) is 2. The number of ketones is 1. The van der Waals surface area contributed by atoms with Crippen molar-refractivity contribution in [1.82, 2.24) is 5.32 Å². The zero-order valence-electron chi connectivity index (χ0n) is 16.7. The molecule has 0 bridgehead atoms. The van der Waals surface area contributed by atoms with Crippen molar-refractivity contribution in [3.63, 3.8) is 0 Å². The molecule has 8 heteroatoms. The molecule has 0 fully saturated rings. The Morgan fingerprint density at radius 2 is 1.73 bits per heavy atom. The number of amides is 2. The summed E-state index contributed by atoms with van der Waals surface area (Å²) in [4.78, 5) is 35.9. The van der Waals surface area contributed by atoms with Gasteiger partial charge in [-0.25, -0.2) is 0 Å². The number of carbonyl (C=O) groups excluding carboxylic acids is 3. The minimum Gasteiger partial charge on any atom is -0.467 e. The summed E-state index contributed by atoms with van der Waals surface area (Å²) in [6.07, 6.45) is -0.771. The van der Waals surface area contributed by atoms with Crippen LogP contribution in [0.25, 0.3) is 0 Å². The summed E-state index contributed by atoms with van der Waals surface area (Å²) < 4.78 is 10.3. The van der Waals surface area contributed by atoms with E-state index in [0.29, 0.717) is 11.3 Å². The van der Waals surface area contributed by atoms with Gasteiger partial charge in [-0.2, -0.15) is 0 Å². The van der Waals surface area contributed by atoms with Crippen LogP contribution in [0.2, 0.25) is 0 Å². The predicted molar refractivity (Wildman–Crippen MR) is 109 cm³/mol. The number of primary amides is 1. The average Bonchev–Trinajstić information content (AvgIpc) is 2.75. The van der Waals surface area contributed by atoms with Crippen molar-refractivity contribution in [2.24, 2.45) is 5.73 Å². The van der Waals surface area contributed by atoms with E-state index < -0.39 is 29.7 Å². The quantitative estimate of drug-likeness (QED) is 0.354. The van der Waals surface area contributed by atoms with Crippen molar-refractivity contribution in [2.75, 3.05) is 13.9 Å². The first kappa shape index (κ1) is 23.1. The van der Waals surface area contributed by atoms with Crippen LogP contribution in [0.15, 0.2) is 54.6 Å². The summed E-state index contributed by atoms with van der Waals surface area (Å²) in [5, 5.41) is 13.0. The number of aliphatic hydroxyl groups excluding tert-OH is 1. The van der Waals surface area contributed by atoms with Gasteiger partial charge in [-0.1, -0.05) is 48.5 Å². The van der Waals surface area contributed by atoms with Gasteiger partial charge in [0.05, 0.1) is 6.10 Å². The van der Waals surface area contributed by atoms with Crippen molar-refractivity contribution in [1.29, 1.82) is 0 Å². The van der Waals surface area contributed by atoms with Crippen LogP contribution >= 0.6 is 0 Å². The van der Waals surface area contributed by atoms with Crippen LogP contribution in [0.4, 0.5) is 0 Å². The lowest BCUT2D eigenvalue weighted by molar-refractivity contribution is -0.138. The summed E-state index contributed by atoms with van der Waals surface area (Å²) in [6.45, 7) is 0.0284. The number of aliphatic hydroxyl groups is 1. The molecule has 0 aromatic heterocycles. The molecule has 2 aromatic carbocycles. The van der Waals surface area contributed by atoms with Crippen molar-refractivity contribution >= 4 is 17.6 Å². The first-order chi connectivity index (χ1) is 14.4. The predicted octanol–water partition coefficient (Wildman–Crippen LogP) is 1.26. The highest BCUT2D eigenvalue weighted by atomic mass is 16.7. The van der Waals surface area contributed by atoms with Crippen molar-refractivity contribution in [2.45, 2.75) is 31.4 Å². The molecule has 0 heterocycles. The Hall–Kier alpha value is -3.23. The Kier molecular flexibility index (Phi) is 8.99. The zero-order chi connectivity index (χ0) is 21.9. The number of carbonyl (C=O) groups is 3. The van der Waals surface area contributed by atoms with Crippen molar-refractivity contribution < 1.29 is 29.0 Å². The van der Waals surface area contributed by atoms with Gasteiger partial charge < -0.3 is 25.6 Å². The molecule has 8 nitrogen and oxygen atoms in total. The summed E-state index contributed by atoms with van der Waals surface area (Å²) in [7, 11) is 1.49. The number of benzene rings is 2. The van der Waals surface area contributed by atoms with E-state index >= 15 is 0 Å². The lowest BCUT2D eigenvalue weighted by Gasteiger charge is -2.18. The molecule has 0 aliphatic rings. The van der Waals surface area contributed by atoms with Gasteiger partial charge in [0.1, 0.15) is 11.8 Å². The highest BCUT2D eigenvalue weighted by Crippen LogP contribution is 2.28. The van der Waals surface area contributed by atoms with E-state index in [1.165, 1.54) is 7.11 Å². The maximum absolute atomic E-state index is 12.4. The summed E-state index contributed by atoms with van der Waals surface area (Å²) in [5.74, 6) is -2.00. The van der Waals surface area contributed by atoms with Crippen LogP contribution in [0.5, 0.6) is 5.75 Å². The molecule has 0 aliphatic heterocycles. The maximum atomic E-state index is 12.4. The SMILES string of the molecule is COCOc1ccccc1C(O)CCC(=O)N[C@@H](Cc1ccccc1)C(=O)C(N)=O. The van der Waals surface area contributed by atoms with Crippen LogP contribution in [0.3, 0.4) is 0 Å². The van der Waals surface area contributed by atoms with E-state index in [1.807, 2.05) is 6.07 Å². The van der Waals surface area contributed by atoms with Crippen LogP contribution in [0, 0.1) is 0 Å². The number of para-hydroxylation sites is 1. The third-order valence-corrected chi connectivity index (χ3v) is 4.43. The summed E-state index contributed by atoms with van der Waals surface area (Å²) in [5.41, 5.74) is 6.42. The highest BCUT2D eigenvalue weighted by Gasteiger charge is 2.25. The first-order valence-corrected chi connectivity index (χ1v) is 9.48. The molecular formula is C22H26N2O6. The molecule has 160 valence electrons. The minimum absolute atomic E-state index is 0.0284. The summed E-state index contributed by atoms with van der Waals surface area (Å²) in [6, 6.07) is 14.8. The van der Waals surface area contributed by atoms with E-state index in [9.17, 15) is 19.5 Å². The molecule has 2 aromatic rings. The van der Waals surface area contributed by atoms with Gasteiger partial charge in [-0.15, -0.1) is 0 Å². The van der Waals surface area contributed by atoms with Gasteiger partial charge in [0.15, 0.2) is 6.79 Å². The molecule has 0 saturated carbocycles. The van der Waals surface area contributed by atoms with Gasteiger partial charge in [0.25, 0.3) is 5.91 Å². The molecule has 30 heavy (non-hydrogen) atoms. The first-order valence-electron chi connectivity index (χ1n) is 9.48. The molecule has 2 rings (SSSR count). The lowest BCUT2D eigenvalue weighted by atomic mass is 10.0. The normalized spacial score (nSPS) is 12.6. The third-order valence-electron chi connectivity index (χ3n) is 4.43. The minimum atomic E-state index is -1.11. The summed E-state index contributed by atoms with van der Waals surface area (Å²) >= 11 is 0. The Morgan fingerprint density at radius 1 is 1.07 bits per heavy atom. The molecule has 4 N–H and O–H groups in total. The van der Waals surface area contributed by atoms with Crippen molar-refractivity contribution in [3.8, 4) is 5.75 Å². The number of hydrogen-bond acceptors (Lipinski definition) is 6. The third kappa shape index (κ3) is 6.98. The Labute approximate surface area is 175 Å². The largest absolute Gasteiger partial charge is 0.467 e. The maximum Gasteiger partial charge on any atom is 0.287 e. The number of nitrogens with one attached hydrogen (secondary N) is 1. The molecule has 2 atom stereocenters. The van der Waals surface area contributed by atoms with Gasteiger partial charge in [-0.3, -0.25) is 14.4 Å². The number of methoxy groups -OCH3 is 1. The highest BCUT2D eigenvalue weighted by molar-refractivity contribution is 6.37. The Bertz CT molecular complexity index is 856. The van der Waals surface area contributed by atoms with E-state index in [0.717, 1.165) is 5.56 Å². The van der Waals surface area contributed by atoms with Gasteiger partial charge in [0, 0.05) is 25.5 Å². The second-order valence-corrected chi connectivity index (χ2v) is 6.68.